The highest BCUT2D eigenvalue weighted by molar-refractivity contribution is 8.77. The van der Waals surface area contributed by atoms with Gasteiger partial charge in [0.15, 0.2) is 0 Å². The van der Waals surface area contributed by atoms with Crippen LogP contribution in [0.2, 0.25) is 0 Å². The molecule has 21 heavy (non-hydrogen) atoms. The van der Waals surface area contributed by atoms with Crippen molar-refractivity contribution in [1.29, 1.82) is 0 Å². The number of alkyl halides is 3. The number of hydrogen-bond donors (Lipinski definition) is 1. The molecule has 2 N–H and O–H groups in total. The van der Waals surface area contributed by atoms with Crippen molar-refractivity contribution < 1.29 is 22.6 Å². The van der Waals surface area contributed by atoms with Crippen LogP contribution in [0.3, 0.4) is 0 Å². The molecule has 0 aromatic heterocycles. The van der Waals surface area contributed by atoms with E-state index in [0.717, 1.165) is 34.1 Å². The highest BCUT2D eigenvalue weighted by atomic mass is 33.1. The van der Waals surface area contributed by atoms with E-state index < -0.39 is 11.4 Å². The van der Waals surface area contributed by atoms with E-state index in [4.69, 9.17) is 15.2 Å². The molecule has 0 fully saturated rings. The van der Waals surface area contributed by atoms with Crippen molar-refractivity contribution in [2.45, 2.75) is 29.7 Å². The molecule has 1 aromatic carbocycles. The third kappa shape index (κ3) is 5.19. The van der Waals surface area contributed by atoms with E-state index in [1.165, 1.54) is 14.2 Å². The first-order valence-electron chi connectivity index (χ1n) is 6.18. The fraction of sp³-hybridized carbons (Fsp3) is 0.538. The molecule has 0 spiro atoms. The lowest BCUT2D eigenvalue weighted by Crippen LogP contribution is -2.21. The van der Waals surface area contributed by atoms with E-state index >= 15 is 0 Å². The van der Waals surface area contributed by atoms with Gasteiger partial charge < -0.3 is 15.2 Å². The third-order valence-corrected chi connectivity index (χ3v) is 5.57. The third-order valence-electron chi connectivity index (χ3n) is 2.72. The molecule has 0 aliphatic heterocycles. The van der Waals surface area contributed by atoms with Gasteiger partial charge in [0.2, 0.25) is 0 Å². The number of hydrogen-bond acceptors (Lipinski definition) is 5. The fourth-order valence-electron chi connectivity index (χ4n) is 1.53. The highest BCUT2D eigenvalue weighted by Crippen LogP contribution is 2.46. The maximum absolute atomic E-state index is 12.5. The molecule has 0 aliphatic rings. The molecule has 1 aromatic rings. The Morgan fingerprint density at radius 1 is 1.19 bits per heavy atom. The zero-order valence-electron chi connectivity index (χ0n) is 12.0. The first-order chi connectivity index (χ1) is 9.83. The Morgan fingerprint density at radius 2 is 1.81 bits per heavy atom. The number of nitrogens with two attached hydrogens (primary N) is 1. The summed E-state index contributed by atoms with van der Waals surface area (Å²) in [6.07, 6.45) is -3.62. The predicted molar refractivity (Wildman–Crippen MR) is 81.3 cm³/mol. The van der Waals surface area contributed by atoms with E-state index in [1.54, 1.807) is 12.1 Å². The number of ether oxygens (including phenoxy) is 2. The lowest BCUT2D eigenvalue weighted by Gasteiger charge is -2.17. The smallest absolute Gasteiger partial charge is 0.401 e. The van der Waals surface area contributed by atoms with Gasteiger partial charge in [-0.25, -0.2) is 0 Å². The van der Waals surface area contributed by atoms with Gasteiger partial charge in [-0.15, -0.1) is 0 Å². The number of rotatable bonds is 7. The quantitative estimate of drug-likeness (QED) is 0.762. The van der Waals surface area contributed by atoms with Crippen LogP contribution in [0.15, 0.2) is 17.0 Å². The summed E-state index contributed by atoms with van der Waals surface area (Å²) in [4.78, 5) is 0.594. The molecule has 8 heteroatoms. The van der Waals surface area contributed by atoms with Gasteiger partial charge in [0.25, 0.3) is 0 Å². The van der Waals surface area contributed by atoms with E-state index in [-0.39, 0.29) is 0 Å². The van der Waals surface area contributed by atoms with E-state index in [0.29, 0.717) is 29.4 Å². The van der Waals surface area contributed by atoms with Crippen molar-refractivity contribution >= 4 is 21.6 Å². The molecule has 3 nitrogen and oxygen atoms in total. The van der Waals surface area contributed by atoms with Crippen LogP contribution in [0.1, 0.15) is 12.5 Å². The first kappa shape index (κ1) is 18.3. The molecule has 120 valence electrons. The molecule has 1 unspecified atom stereocenters. The first-order valence-corrected chi connectivity index (χ1v) is 8.39. The topological polar surface area (TPSA) is 44.5 Å². The Bertz CT molecular complexity index is 469. The van der Waals surface area contributed by atoms with Gasteiger partial charge in [-0.3, -0.25) is 0 Å². The standard InChI is InChI=1S/C13H18F3NO2S2/c1-8(13(14,15)16)20-21-12-7-10(18-2)9(4-5-17)6-11(12)19-3/h6-8H,4-5,17H2,1-3H3. The summed E-state index contributed by atoms with van der Waals surface area (Å²) in [7, 11) is 4.76. The Kier molecular flexibility index (Phi) is 7.02. The van der Waals surface area contributed by atoms with Crippen LogP contribution in [-0.2, 0) is 6.42 Å². The maximum Gasteiger partial charge on any atom is 0.401 e. The van der Waals surface area contributed by atoms with Gasteiger partial charge in [0.1, 0.15) is 16.7 Å². The van der Waals surface area contributed by atoms with Gasteiger partial charge in [-0.2, -0.15) is 13.2 Å². The summed E-state index contributed by atoms with van der Waals surface area (Å²) >= 11 is 0. The van der Waals surface area contributed by atoms with Gasteiger partial charge in [0, 0.05) is 0 Å². The molecule has 0 amide bonds. The summed E-state index contributed by atoms with van der Waals surface area (Å²) in [5, 5.41) is -1.47. The molecular weight excluding hydrogens is 323 g/mol. The molecule has 0 aliphatic carbocycles. The minimum atomic E-state index is -4.23. The second kappa shape index (κ2) is 8.05. The van der Waals surface area contributed by atoms with E-state index in [9.17, 15) is 13.2 Å². The number of benzene rings is 1. The maximum atomic E-state index is 12.5. The average Bonchev–Trinajstić information content (AvgIpc) is 2.44. The second-order valence-electron chi connectivity index (χ2n) is 4.22. The summed E-state index contributed by atoms with van der Waals surface area (Å²) in [6.45, 7) is 1.58. The van der Waals surface area contributed by atoms with Crippen LogP contribution in [0.5, 0.6) is 11.5 Å². The summed E-state index contributed by atoms with van der Waals surface area (Å²) in [6, 6.07) is 3.44. The Morgan fingerprint density at radius 3 is 2.29 bits per heavy atom. The largest absolute Gasteiger partial charge is 0.496 e. The number of halogens is 3. The summed E-state index contributed by atoms with van der Waals surface area (Å²) < 4.78 is 48.1. The normalized spacial score (nSPS) is 13.1. The molecule has 0 bridgehead atoms. The Labute approximate surface area is 130 Å². The lowest BCUT2D eigenvalue weighted by atomic mass is 10.1. The molecule has 0 heterocycles. The van der Waals surface area contributed by atoms with Gasteiger partial charge >= 0.3 is 6.18 Å². The van der Waals surface area contributed by atoms with Crippen LogP contribution < -0.4 is 15.2 Å². The van der Waals surface area contributed by atoms with Gasteiger partial charge in [0.05, 0.1) is 19.1 Å². The van der Waals surface area contributed by atoms with Crippen LogP contribution in [-0.4, -0.2) is 32.2 Å². The molecule has 0 saturated heterocycles. The summed E-state index contributed by atoms with van der Waals surface area (Å²) in [5.74, 6) is 1.12. The average molecular weight is 341 g/mol. The monoisotopic (exact) mass is 341 g/mol. The molecule has 1 atom stereocenters. The van der Waals surface area contributed by atoms with Crippen LogP contribution in [0.4, 0.5) is 13.2 Å². The predicted octanol–water partition coefficient (Wildman–Crippen LogP) is 3.90. The molecule has 0 saturated carbocycles. The Balaban J connectivity index is 2.95. The van der Waals surface area contributed by atoms with E-state index in [1.807, 2.05) is 0 Å². The van der Waals surface area contributed by atoms with Crippen LogP contribution in [0.25, 0.3) is 0 Å². The minimum Gasteiger partial charge on any atom is -0.496 e. The SMILES string of the molecule is COc1cc(SSC(C)C(F)(F)F)c(OC)cc1CCN. The second-order valence-corrected chi connectivity index (χ2v) is 6.80. The van der Waals surface area contributed by atoms with Crippen molar-refractivity contribution in [3.05, 3.63) is 17.7 Å². The van der Waals surface area contributed by atoms with Crippen LogP contribution in [0, 0.1) is 0 Å². The van der Waals surface area contributed by atoms with Gasteiger partial charge in [-0.05, 0) is 37.6 Å². The zero-order chi connectivity index (χ0) is 16.0. The lowest BCUT2D eigenvalue weighted by molar-refractivity contribution is -0.124. The molecule has 0 radical (unpaired) electrons. The van der Waals surface area contributed by atoms with Crippen LogP contribution >= 0.6 is 21.6 Å². The highest BCUT2D eigenvalue weighted by Gasteiger charge is 2.36. The molecular formula is C13H18F3NO2S2. The summed E-state index contributed by atoms with van der Waals surface area (Å²) in [5.41, 5.74) is 6.40. The fourth-order valence-corrected chi connectivity index (χ4v) is 3.73. The van der Waals surface area contributed by atoms with Crippen molar-refractivity contribution in [3.8, 4) is 11.5 Å². The van der Waals surface area contributed by atoms with E-state index in [2.05, 4.69) is 0 Å². The van der Waals surface area contributed by atoms with Crippen molar-refractivity contribution in [3.63, 3.8) is 0 Å². The molecule has 1 rings (SSSR count). The van der Waals surface area contributed by atoms with Crippen molar-refractivity contribution in [2.24, 2.45) is 5.73 Å². The van der Waals surface area contributed by atoms with Crippen molar-refractivity contribution in [2.75, 3.05) is 20.8 Å². The van der Waals surface area contributed by atoms with Gasteiger partial charge in [-0.1, -0.05) is 21.6 Å². The number of methoxy groups -OCH3 is 2. The Hall–Kier alpha value is -0.730. The zero-order valence-corrected chi connectivity index (χ0v) is 13.6. The van der Waals surface area contributed by atoms with Crippen molar-refractivity contribution in [1.82, 2.24) is 0 Å². The minimum absolute atomic E-state index is 0.450.